The van der Waals surface area contributed by atoms with Crippen LogP contribution in [0.4, 0.5) is 5.69 Å². The molecule has 112 valence electrons. The first-order chi connectivity index (χ1) is 9.56. The molecule has 0 spiro atoms. The fourth-order valence-corrected chi connectivity index (χ4v) is 2.72. The lowest BCUT2D eigenvalue weighted by Crippen LogP contribution is -2.46. The highest BCUT2D eigenvalue weighted by atomic mass is 16.5. The topological polar surface area (TPSA) is 37.4 Å². The van der Waals surface area contributed by atoms with Crippen LogP contribution in [0.25, 0.3) is 0 Å². The van der Waals surface area contributed by atoms with E-state index in [-0.39, 0.29) is 12.2 Å². The molecular formula is C16H27N3O. The summed E-state index contributed by atoms with van der Waals surface area (Å²) in [4.78, 5) is 6.70. The normalized spacial score (nSPS) is 23.4. The Kier molecular flexibility index (Phi) is 5.38. The Hall–Kier alpha value is -1.13. The molecule has 0 saturated carbocycles. The average molecular weight is 277 g/mol. The third-order valence-electron chi connectivity index (χ3n) is 3.52. The monoisotopic (exact) mass is 277 g/mol. The summed E-state index contributed by atoms with van der Waals surface area (Å²) < 4.78 is 5.81. The van der Waals surface area contributed by atoms with Crippen molar-refractivity contribution >= 4 is 5.69 Å². The van der Waals surface area contributed by atoms with E-state index < -0.39 is 0 Å². The molecule has 1 saturated heterocycles. The Morgan fingerprint density at radius 1 is 1.35 bits per heavy atom. The predicted octanol–water partition coefficient (Wildman–Crippen LogP) is 2.44. The van der Waals surface area contributed by atoms with Gasteiger partial charge in [0.2, 0.25) is 0 Å². The smallest absolute Gasteiger partial charge is 0.0726 e. The lowest BCUT2D eigenvalue weighted by molar-refractivity contribution is -0.00528. The van der Waals surface area contributed by atoms with Gasteiger partial charge in [-0.1, -0.05) is 13.8 Å². The van der Waals surface area contributed by atoms with Gasteiger partial charge in [0.15, 0.2) is 0 Å². The van der Waals surface area contributed by atoms with Crippen molar-refractivity contribution in [2.75, 3.05) is 24.5 Å². The van der Waals surface area contributed by atoms with Crippen LogP contribution in [0.5, 0.6) is 0 Å². The number of hydrogen-bond donors (Lipinski definition) is 1. The van der Waals surface area contributed by atoms with Crippen molar-refractivity contribution in [3.05, 3.63) is 24.0 Å². The van der Waals surface area contributed by atoms with Gasteiger partial charge < -0.3 is 15.0 Å². The third kappa shape index (κ3) is 4.18. The first kappa shape index (κ1) is 15.3. The van der Waals surface area contributed by atoms with Crippen molar-refractivity contribution < 1.29 is 4.74 Å². The number of rotatable bonds is 5. The van der Waals surface area contributed by atoms with Crippen molar-refractivity contribution in [1.82, 2.24) is 10.3 Å². The van der Waals surface area contributed by atoms with Crippen LogP contribution in [-0.2, 0) is 11.3 Å². The molecule has 4 nitrogen and oxygen atoms in total. The van der Waals surface area contributed by atoms with E-state index >= 15 is 0 Å². The number of pyridine rings is 1. The molecule has 0 aromatic carbocycles. The molecule has 4 heteroatoms. The largest absolute Gasteiger partial charge is 0.372 e. The zero-order valence-corrected chi connectivity index (χ0v) is 13.1. The molecule has 1 fully saturated rings. The minimum atomic E-state index is 0.274. The lowest BCUT2D eigenvalue weighted by atomic mass is 10.1. The number of aromatic nitrogens is 1. The standard InChI is InChI=1S/C16H27N3O/c1-12(2)7-18-8-15-5-6-17-9-16(15)19-10-13(3)20-14(4)11-19/h5-6,9,12-14,18H,7-8,10-11H2,1-4H3. The van der Waals surface area contributed by atoms with Gasteiger partial charge in [-0.2, -0.15) is 0 Å². The van der Waals surface area contributed by atoms with Crippen molar-refractivity contribution in [3.63, 3.8) is 0 Å². The molecule has 2 unspecified atom stereocenters. The van der Waals surface area contributed by atoms with E-state index in [0.717, 1.165) is 26.2 Å². The van der Waals surface area contributed by atoms with Crippen LogP contribution in [0.1, 0.15) is 33.3 Å². The number of ether oxygens (including phenoxy) is 1. The molecule has 1 aromatic heterocycles. The van der Waals surface area contributed by atoms with E-state index in [1.807, 2.05) is 12.4 Å². The average Bonchev–Trinajstić information content (AvgIpc) is 2.37. The second-order valence-corrected chi connectivity index (χ2v) is 6.19. The quantitative estimate of drug-likeness (QED) is 0.897. The summed E-state index contributed by atoms with van der Waals surface area (Å²) in [5, 5.41) is 3.52. The first-order valence-electron chi connectivity index (χ1n) is 7.60. The molecule has 0 aliphatic carbocycles. The van der Waals surface area contributed by atoms with E-state index in [9.17, 15) is 0 Å². The van der Waals surface area contributed by atoms with Crippen LogP contribution in [0.2, 0.25) is 0 Å². The molecule has 20 heavy (non-hydrogen) atoms. The molecule has 0 amide bonds. The molecule has 1 aliphatic rings. The van der Waals surface area contributed by atoms with E-state index in [0.29, 0.717) is 5.92 Å². The van der Waals surface area contributed by atoms with Crippen molar-refractivity contribution in [2.24, 2.45) is 5.92 Å². The Morgan fingerprint density at radius 3 is 2.70 bits per heavy atom. The van der Waals surface area contributed by atoms with Gasteiger partial charge in [0.05, 0.1) is 24.1 Å². The second-order valence-electron chi connectivity index (χ2n) is 6.19. The van der Waals surface area contributed by atoms with Crippen LogP contribution in [0.3, 0.4) is 0 Å². The molecule has 0 radical (unpaired) electrons. The Bertz CT molecular complexity index is 412. The zero-order valence-electron chi connectivity index (χ0n) is 13.1. The number of anilines is 1. The predicted molar refractivity (Wildman–Crippen MR) is 83.0 cm³/mol. The molecule has 1 N–H and O–H groups in total. The molecule has 0 bridgehead atoms. The summed E-state index contributed by atoms with van der Waals surface area (Å²) in [7, 11) is 0. The van der Waals surface area contributed by atoms with Gasteiger partial charge in [-0.3, -0.25) is 4.98 Å². The minimum Gasteiger partial charge on any atom is -0.372 e. The molecule has 1 aliphatic heterocycles. The Labute approximate surface area is 122 Å². The van der Waals surface area contributed by atoms with Gasteiger partial charge in [0, 0.05) is 25.8 Å². The fourth-order valence-electron chi connectivity index (χ4n) is 2.72. The van der Waals surface area contributed by atoms with E-state index in [4.69, 9.17) is 4.74 Å². The molecule has 2 rings (SSSR count). The number of hydrogen-bond acceptors (Lipinski definition) is 4. The van der Waals surface area contributed by atoms with Crippen molar-refractivity contribution in [3.8, 4) is 0 Å². The van der Waals surface area contributed by atoms with Gasteiger partial charge in [-0.15, -0.1) is 0 Å². The van der Waals surface area contributed by atoms with Gasteiger partial charge >= 0.3 is 0 Å². The minimum absolute atomic E-state index is 0.274. The van der Waals surface area contributed by atoms with E-state index in [1.54, 1.807) is 0 Å². The van der Waals surface area contributed by atoms with Crippen LogP contribution in [-0.4, -0.2) is 36.8 Å². The number of nitrogens with one attached hydrogen (secondary N) is 1. The van der Waals surface area contributed by atoms with Crippen molar-refractivity contribution in [2.45, 2.75) is 46.4 Å². The van der Waals surface area contributed by atoms with Crippen LogP contribution < -0.4 is 10.2 Å². The summed E-state index contributed by atoms with van der Waals surface area (Å²) >= 11 is 0. The molecule has 2 atom stereocenters. The summed E-state index contributed by atoms with van der Waals surface area (Å²) in [6.45, 7) is 12.5. The van der Waals surface area contributed by atoms with Gasteiger partial charge in [-0.05, 0) is 37.9 Å². The number of nitrogens with zero attached hydrogens (tertiary/aromatic N) is 2. The summed E-state index contributed by atoms with van der Waals surface area (Å²) in [6, 6.07) is 2.12. The summed E-state index contributed by atoms with van der Waals surface area (Å²) in [5.74, 6) is 0.670. The van der Waals surface area contributed by atoms with Crippen LogP contribution in [0.15, 0.2) is 18.5 Å². The lowest BCUT2D eigenvalue weighted by Gasteiger charge is -2.37. The first-order valence-corrected chi connectivity index (χ1v) is 7.60. The third-order valence-corrected chi connectivity index (χ3v) is 3.52. The molecular weight excluding hydrogens is 250 g/mol. The van der Waals surface area contributed by atoms with Gasteiger partial charge in [-0.25, -0.2) is 0 Å². The maximum Gasteiger partial charge on any atom is 0.0726 e. The van der Waals surface area contributed by atoms with Crippen LogP contribution >= 0.6 is 0 Å². The van der Waals surface area contributed by atoms with Gasteiger partial charge in [0.1, 0.15) is 0 Å². The zero-order chi connectivity index (χ0) is 14.5. The molecule has 2 heterocycles. The van der Waals surface area contributed by atoms with Crippen LogP contribution in [0, 0.1) is 5.92 Å². The van der Waals surface area contributed by atoms with E-state index in [2.05, 4.69) is 49.0 Å². The molecule has 1 aromatic rings. The highest BCUT2D eigenvalue weighted by Crippen LogP contribution is 2.23. The maximum atomic E-state index is 5.81. The number of morpholine rings is 1. The Morgan fingerprint density at radius 2 is 2.05 bits per heavy atom. The Balaban J connectivity index is 2.06. The SMILES string of the molecule is CC(C)CNCc1ccncc1N1CC(C)OC(C)C1. The highest BCUT2D eigenvalue weighted by molar-refractivity contribution is 5.52. The summed E-state index contributed by atoms with van der Waals surface area (Å²) in [5.41, 5.74) is 2.56. The maximum absolute atomic E-state index is 5.81. The highest BCUT2D eigenvalue weighted by Gasteiger charge is 2.23. The van der Waals surface area contributed by atoms with E-state index in [1.165, 1.54) is 11.3 Å². The fraction of sp³-hybridized carbons (Fsp3) is 0.688. The van der Waals surface area contributed by atoms with Crippen molar-refractivity contribution in [1.29, 1.82) is 0 Å². The van der Waals surface area contributed by atoms with Gasteiger partial charge in [0.25, 0.3) is 0 Å². The second kappa shape index (κ2) is 7.04. The summed E-state index contributed by atoms with van der Waals surface area (Å²) in [6.07, 6.45) is 4.41.